The number of aromatic nitrogens is 2. The van der Waals surface area contributed by atoms with Gasteiger partial charge in [0, 0.05) is 11.0 Å². The molecule has 0 saturated heterocycles. The number of halogens is 1. The third-order valence-electron chi connectivity index (χ3n) is 2.07. The highest BCUT2D eigenvalue weighted by molar-refractivity contribution is 9.10. The number of aromatic amines is 1. The fourth-order valence-corrected chi connectivity index (χ4v) is 2.19. The van der Waals surface area contributed by atoms with Crippen molar-refractivity contribution in [3.63, 3.8) is 0 Å². The Hall–Kier alpha value is -0.870. The van der Waals surface area contributed by atoms with Gasteiger partial charge in [0.05, 0.1) is 11.0 Å². The Kier molecular flexibility index (Phi) is 2.56. The highest BCUT2D eigenvalue weighted by atomic mass is 79.9. The third-order valence-corrected chi connectivity index (χ3v) is 3.05. The summed E-state index contributed by atoms with van der Waals surface area (Å²) >= 11 is 8.70. The molecule has 0 radical (unpaired) electrons. The fourth-order valence-electron chi connectivity index (χ4n) is 1.46. The van der Waals surface area contributed by atoms with Gasteiger partial charge in [0.2, 0.25) is 0 Å². The second-order valence-electron chi connectivity index (χ2n) is 2.96. The first kappa shape index (κ1) is 9.68. The number of nitrogens with one attached hydrogen (secondary N) is 1. The van der Waals surface area contributed by atoms with Gasteiger partial charge in [-0.1, -0.05) is 12.1 Å². The molecule has 0 amide bonds. The van der Waals surface area contributed by atoms with Crippen LogP contribution in [0.3, 0.4) is 0 Å². The first-order valence-corrected chi connectivity index (χ1v) is 5.42. The van der Waals surface area contributed by atoms with Gasteiger partial charge >= 0.3 is 0 Å². The van der Waals surface area contributed by atoms with Crippen molar-refractivity contribution in [2.75, 3.05) is 0 Å². The number of allylic oxidation sites excluding steroid dienone is 1. The van der Waals surface area contributed by atoms with Crippen molar-refractivity contribution in [3.05, 3.63) is 40.1 Å². The molecule has 0 aliphatic carbocycles. The normalized spacial score (nSPS) is 10.6. The molecular formula is C10H9BrN2S. The molecule has 0 aliphatic rings. The van der Waals surface area contributed by atoms with E-state index < -0.39 is 0 Å². The maximum Gasteiger partial charge on any atom is 0.178 e. The van der Waals surface area contributed by atoms with Gasteiger partial charge in [0.1, 0.15) is 0 Å². The van der Waals surface area contributed by atoms with Crippen LogP contribution in [0.2, 0.25) is 0 Å². The fraction of sp³-hybridized carbons (Fsp3) is 0.100. The second-order valence-corrected chi connectivity index (χ2v) is 4.20. The van der Waals surface area contributed by atoms with E-state index in [1.165, 1.54) is 0 Å². The summed E-state index contributed by atoms with van der Waals surface area (Å²) in [7, 11) is 0. The molecule has 0 aliphatic heterocycles. The van der Waals surface area contributed by atoms with Crippen molar-refractivity contribution in [2.45, 2.75) is 6.54 Å². The van der Waals surface area contributed by atoms with Gasteiger partial charge in [-0.2, -0.15) is 0 Å². The Morgan fingerprint density at radius 2 is 2.36 bits per heavy atom. The zero-order chi connectivity index (χ0) is 10.1. The molecule has 1 aromatic heterocycles. The first-order chi connectivity index (χ1) is 6.74. The topological polar surface area (TPSA) is 20.7 Å². The lowest BCUT2D eigenvalue weighted by Crippen LogP contribution is -1.93. The number of imidazole rings is 1. The summed E-state index contributed by atoms with van der Waals surface area (Å²) in [5.74, 6) is 0. The Morgan fingerprint density at radius 1 is 1.57 bits per heavy atom. The summed E-state index contributed by atoms with van der Waals surface area (Å²) in [4.78, 5) is 3.16. The molecule has 4 heteroatoms. The van der Waals surface area contributed by atoms with Crippen molar-refractivity contribution >= 4 is 39.2 Å². The van der Waals surface area contributed by atoms with E-state index in [2.05, 4.69) is 27.5 Å². The molecule has 0 atom stereocenters. The van der Waals surface area contributed by atoms with E-state index in [0.29, 0.717) is 0 Å². The number of benzene rings is 1. The van der Waals surface area contributed by atoms with Crippen LogP contribution < -0.4 is 0 Å². The summed E-state index contributed by atoms with van der Waals surface area (Å²) in [5.41, 5.74) is 2.14. The minimum atomic E-state index is 0.729. The zero-order valence-electron chi connectivity index (χ0n) is 7.46. The van der Waals surface area contributed by atoms with Crippen LogP contribution in [0.15, 0.2) is 35.3 Å². The van der Waals surface area contributed by atoms with Crippen molar-refractivity contribution < 1.29 is 0 Å². The van der Waals surface area contributed by atoms with E-state index in [-0.39, 0.29) is 0 Å². The van der Waals surface area contributed by atoms with Crippen molar-refractivity contribution in [2.24, 2.45) is 0 Å². The number of rotatable bonds is 2. The Morgan fingerprint density at radius 3 is 3.07 bits per heavy atom. The molecule has 0 spiro atoms. The number of para-hydroxylation sites is 1. The Balaban J connectivity index is 2.83. The minimum absolute atomic E-state index is 0.729. The van der Waals surface area contributed by atoms with Crippen LogP contribution in [0.1, 0.15) is 0 Å². The van der Waals surface area contributed by atoms with E-state index in [1.807, 2.05) is 28.8 Å². The van der Waals surface area contributed by atoms with Crippen LogP contribution in [0.25, 0.3) is 11.0 Å². The van der Waals surface area contributed by atoms with Gasteiger partial charge in [-0.3, -0.25) is 0 Å². The maximum atomic E-state index is 5.22. The quantitative estimate of drug-likeness (QED) is 0.652. The van der Waals surface area contributed by atoms with Crippen LogP contribution in [0, 0.1) is 4.77 Å². The monoisotopic (exact) mass is 268 g/mol. The highest BCUT2D eigenvalue weighted by Gasteiger charge is 2.04. The zero-order valence-corrected chi connectivity index (χ0v) is 9.86. The van der Waals surface area contributed by atoms with E-state index in [0.717, 1.165) is 26.8 Å². The SMILES string of the molecule is C=CCn1c(=S)[nH]c2c(Br)cccc21. The lowest BCUT2D eigenvalue weighted by atomic mass is 10.3. The lowest BCUT2D eigenvalue weighted by Gasteiger charge is -1.99. The number of H-pyrrole nitrogens is 1. The van der Waals surface area contributed by atoms with Gasteiger partial charge < -0.3 is 9.55 Å². The molecule has 0 saturated carbocycles. The van der Waals surface area contributed by atoms with Gasteiger partial charge in [0.15, 0.2) is 4.77 Å². The lowest BCUT2D eigenvalue weighted by molar-refractivity contribution is 0.836. The molecule has 2 nitrogen and oxygen atoms in total. The van der Waals surface area contributed by atoms with Gasteiger partial charge in [0.25, 0.3) is 0 Å². The smallest absolute Gasteiger partial charge is 0.178 e. The Bertz CT molecular complexity index is 539. The molecule has 2 aromatic rings. The van der Waals surface area contributed by atoms with E-state index in [9.17, 15) is 0 Å². The summed E-state index contributed by atoms with van der Waals surface area (Å²) in [6.45, 7) is 4.44. The molecule has 1 aromatic carbocycles. The molecule has 2 rings (SSSR count). The molecule has 1 N–H and O–H groups in total. The summed E-state index contributed by atoms with van der Waals surface area (Å²) in [5, 5.41) is 0. The first-order valence-electron chi connectivity index (χ1n) is 4.22. The van der Waals surface area contributed by atoms with Crippen LogP contribution >= 0.6 is 28.1 Å². The largest absolute Gasteiger partial charge is 0.330 e. The minimum Gasteiger partial charge on any atom is -0.330 e. The Labute approximate surface area is 95.4 Å². The predicted octanol–water partition coefficient (Wildman–Crippen LogP) is 3.65. The van der Waals surface area contributed by atoms with Crippen molar-refractivity contribution in [1.82, 2.24) is 9.55 Å². The van der Waals surface area contributed by atoms with Crippen LogP contribution in [-0.4, -0.2) is 9.55 Å². The number of hydrogen-bond acceptors (Lipinski definition) is 1. The van der Waals surface area contributed by atoms with Gasteiger partial charge in [-0.25, -0.2) is 0 Å². The van der Waals surface area contributed by atoms with Crippen LogP contribution in [-0.2, 0) is 6.54 Å². The standard InChI is InChI=1S/C10H9BrN2S/c1-2-6-13-8-5-3-4-7(11)9(8)12-10(13)14/h2-5H,1,6H2,(H,12,14). The number of nitrogens with zero attached hydrogens (tertiary/aromatic N) is 1. The molecule has 1 heterocycles. The number of fused-ring (bicyclic) bond motifs is 1. The average molecular weight is 269 g/mol. The van der Waals surface area contributed by atoms with E-state index in [1.54, 1.807) is 0 Å². The predicted molar refractivity (Wildman–Crippen MR) is 65.0 cm³/mol. The maximum absolute atomic E-state index is 5.22. The second kappa shape index (κ2) is 3.71. The van der Waals surface area contributed by atoms with E-state index >= 15 is 0 Å². The van der Waals surface area contributed by atoms with Gasteiger partial charge in [-0.15, -0.1) is 6.58 Å². The summed E-state index contributed by atoms with van der Waals surface area (Å²) < 4.78 is 3.78. The van der Waals surface area contributed by atoms with Gasteiger partial charge in [-0.05, 0) is 40.3 Å². The van der Waals surface area contributed by atoms with E-state index in [4.69, 9.17) is 12.2 Å². The third kappa shape index (κ3) is 1.44. The van der Waals surface area contributed by atoms with Crippen molar-refractivity contribution in [3.8, 4) is 0 Å². The highest BCUT2D eigenvalue weighted by Crippen LogP contribution is 2.22. The average Bonchev–Trinajstić information content (AvgIpc) is 2.47. The van der Waals surface area contributed by atoms with Crippen LogP contribution in [0.4, 0.5) is 0 Å². The van der Waals surface area contributed by atoms with Crippen molar-refractivity contribution in [1.29, 1.82) is 0 Å². The number of hydrogen-bond donors (Lipinski definition) is 1. The summed E-state index contributed by atoms with van der Waals surface area (Å²) in [6, 6.07) is 6.02. The van der Waals surface area contributed by atoms with Crippen LogP contribution in [0.5, 0.6) is 0 Å². The molecular weight excluding hydrogens is 260 g/mol. The molecule has 14 heavy (non-hydrogen) atoms. The molecule has 72 valence electrons. The molecule has 0 unspecified atom stereocenters. The molecule has 0 fully saturated rings. The molecule has 0 bridgehead atoms. The summed E-state index contributed by atoms with van der Waals surface area (Å²) in [6.07, 6.45) is 1.84.